The molecule has 0 spiro atoms. The molecule has 0 aliphatic carbocycles. The molecule has 2 aromatic carbocycles. The largest absolute Gasteiger partial charge is 0.508 e. The summed E-state index contributed by atoms with van der Waals surface area (Å²) in [5, 5.41) is 16.1. The topological polar surface area (TPSA) is 120 Å². The highest BCUT2D eigenvalue weighted by atomic mass is 32.2. The van der Waals surface area contributed by atoms with Crippen molar-refractivity contribution in [3.05, 3.63) is 65.5 Å². The SMILES string of the molecule is O=C(/C=C/c1ccc(O)cc1)NC[C@H]1CN(c2ccc(C3=NNC(=O)CS3)c(F)c2)C(=O)O1. The van der Waals surface area contributed by atoms with Crippen LogP contribution in [-0.2, 0) is 14.3 Å². The van der Waals surface area contributed by atoms with Gasteiger partial charge < -0.3 is 15.2 Å². The first kappa shape index (κ1) is 22.3. The number of benzene rings is 2. The zero-order chi connectivity index (χ0) is 23.4. The third-order valence-electron chi connectivity index (χ3n) is 4.82. The van der Waals surface area contributed by atoms with E-state index in [-0.39, 0.29) is 42.0 Å². The van der Waals surface area contributed by atoms with Crippen LogP contribution in [0.25, 0.3) is 6.08 Å². The molecule has 2 aliphatic rings. The molecule has 3 N–H and O–H groups in total. The quantitative estimate of drug-likeness (QED) is 0.557. The minimum atomic E-state index is -0.641. The van der Waals surface area contributed by atoms with Crippen molar-refractivity contribution < 1.29 is 28.6 Å². The Balaban J connectivity index is 1.33. The first-order valence-corrected chi connectivity index (χ1v) is 10.9. The predicted molar refractivity (Wildman–Crippen MR) is 121 cm³/mol. The number of hydrogen-bond acceptors (Lipinski definition) is 7. The summed E-state index contributed by atoms with van der Waals surface area (Å²) in [5.41, 5.74) is 3.59. The number of ether oxygens (including phenoxy) is 1. The fourth-order valence-electron chi connectivity index (χ4n) is 3.16. The summed E-state index contributed by atoms with van der Waals surface area (Å²) in [6.07, 6.45) is 1.69. The van der Waals surface area contributed by atoms with Crippen LogP contribution in [-0.4, -0.2) is 53.0 Å². The van der Waals surface area contributed by atoms with Gasteiger partial charge in [-0.05, 0) is 42.0 Å². The van der Waals surface area contributed by atoms with Gasteiger partial charge in [0.15, 0.2) is 0 Å². The van der Waals surface area contributed by atoms with Gasteiger partial charge in [-0.3, -0.25) is 14.5 Å². The smallest absolute Gasteiger partial charge is 0.414 e. The van der Waals surface area contributed by atoms with Crippen LogP contribution < -0.4 is 15.6 Å². The number of thioether (sulfide) groups is 1. The monoisotopic (exact) mass is 470 g/mol. The van der Waals surface area contributed by atoms with Crippen LogP contribution >= 0.6 is 11.8 Å². The number of carbonyl (C=O) groups excluding carboxylic acids is 3. The Morgan fingerprint density at radius 3 is 2.79 bits per heavy atom. The average Bonchev–Trinajstić information content (AvgIpc) is 3.18. The first-order chi connectivity index (χ1) is 15.9. The second-order valence-electron chi connectivity index (χ2n) is 7.19. The van der Waals surface area contributed by atoms with E-state index >= 15 is 0 Å². The zero-order valence-corrected chi connectivity index (χ0v) is 18.0. The molecule has 0 bridgehead atoms. The molecule has 2 heterocycles. The molecule has 4 rings (SSSR count). The fraction of sp³-hybridized carbons (Fsp3) is 0.182. The minimum Gasteiger partial charge on any atom is -0.508 e. The molecule has 2 aromatic rings. The predicted octanol–water partition coefficient (Wildman–Crippen LogP) is 2.21. The van der Waals surface area contributed by atoms with Crippen molar-refractivity contribution >= 4 is 46.5 Å². The Hall–Kier alpha value is -3.86. The highest BCUT2D eigenvalue weighted by molar-refractivity contribution is 8.15. The second-order valence-corrected chi connectivity index (χ2v) is 8.16. The summed E-state index contributed by atoms with van der Waals surface area (Å²) >= 11 is 1.13. The van der Waals surface area contributed by atoms with Crippen LogP contribution in [0.15, 0.2) is 53.6 Å². The Bertz CT molecular complexity index is 1150. The average molecular weight is 470 g/mol. The summed E-state index contributed by atoms with van der Waals surface area (Å²) in [6, 6.07) is 10.6. The van der Waals surface area contributed by atoms with E-state index in [1.807, 2.05) is 0 Å². The zero-order valence-electron chi connectivity index (χ0n) is 17.2. The van der Waals surface area contributed by atoms with Gasteiger partial charge in [0, 0.05) is 11.6 Å². The molecule has 2 aliphatic heterocycles. The van der Waals surface area contributed by atoms with E-state index < -0.39 is 18.0 Å². The van der Waals surface area contributed by atoms with Crippen molar-refractivity contribution in [2.45, 2.75) is 6.10 Å². The van der Waals surface area contributed by atoms with E-state index in [1.54, 1.807) is 24.3 Å². The molecule has 1 saturated heterocycles. The highest BCUT2D eigenvalue weighted by Crippen LogP contribution is 2.26. The summed E-state index contributed by atoms with van der Waals surface area (Å²) in [7, 11) is 0. The minimum absolute atomic E-state index is 0.0920. The van der Waals surface area contributed by atoms with Crippen molar-refractivity contribution in [3.8, 4) is 5.75 Å². The number of rotatable bonds is 6. The Kier molecular flexibility index (Phi) is 6.59. The van der Waals surface area contributed by atoms with Crippen molar-refractivity contribution in [1.82, 2.24) is 10.7 Å². The standard InChI is InChI=1S/C22H19FN4O5S/c23-18-9-14(4-7-17(18)21-26-25-20(30)12-33-21)27-11-16(32-22(27)31)10-24-19(29)8-3-13-1-5-15(28)6-2-13/h1-9,16,28H,10-12H2,(H,24,29)(H,25,30)/b8-3+/t16-/m0/s1. The third-order valence-corrected chi connectivity index (χ3v) is 5.81. The molecule has 9 nitrogen and oxygen atoms in total. The molecule has 3 amide bonds. The molecular formula is C22H19FN4O5S. The number of phenols is 1. The van der Waals surface area contributed by atoms with Gasteiger partial charge in [0.1, 0.15) is 22.7 Å². The maximum atomic E-state index is 14.6. The molecule has 1 fully saturated rings. The van der Waals surface area contributed by atoms with Crippen molar-refractivity contribution in [1.29, 1.82) is 0 Å². The van der Waals surface area contributed by atoms with Crippen LogP contribution in [0.3, 0.4) is 0 Å². The lowest BCUT2D eigenvalue weighted by atomic mass is 10.2. The van der Waals surface area contributed by atoms with E-state index in [0.717, 1.165) is 17.3 Å². The maximum Gasteiger partial charge on any atom is 0.414 e. The lowest BCUT2D eigenvalue weighted by Crippen LogP contribution is -2.33. The summed E-state index contributed by atoms with van der Waals surface area (Å²) in [5.74, 6) is -0.927. The third kappa shape index (κ3) is 5.50. The molecule has 33 heavy (non-hydrogen) atoms. The Labute approximate surface area is 192 Å². The van der Waals surface area contributed by atoms with Crippen molar-refractivity contribution in [3.63, 3.8) is 0 Å². The van der Waals surface area contributed by atoms with Gasteiger partial charge in [0.25, 0.3) is 5.91 Å². The lowest BCUT2D eigenvalue weighted by Gasteiger charge is -2.16. The highest BCUT2D eigenvalue weighted by Gasteiger charge is 2.33. The number of hydrazone groups is 1. The molecular weight excluding hydrogens is 451 g/mol. The first-order valence-electron chi connectivity index (χ1n) is 9.91. The fourth-order valence-corrected chi connectivity index (χ4v) is 3.93. The number of aromatic hydroxyl groups is 1. The maximum absolute atomic E-state index is 14.6. The van der Waals surface area contributed by atoms with Crippen LogP contribution in [0.5, 0.6) is 5.75 Å². The van der Waals surface area contributed by atoms with Gasteiger partial charge in [0.2, 0.25) is 5.91 Å². The van der Waals surface area contributed by atoms with Crippen molar-refractivity contribution in [2.75, 3.05) is 23.7 Å². The molecule has 11 heteroatoms. The van der Waals surface area contributed by atoms with E-state index in [4.69, 9.17) is 4.74 Å². The molecule has 170 valence electrons. The van der Waals surface area contributed by atoms with Gasteiger partial charge in [-0.25, -0.2) is 14.6 Å². The molecule has 1 atom stereocenters. The number of nitrogens with zero attached hydrogens (tertiary/aromatic N) is 2. The number of cyclic esters (lactones) is 1. The van der Waals surface area contributed by atoms with Crippen LogP contribution in [0.2, 0.25) is 0 Å². The van der Waals surface area contributed by atoms with E-state index in [2.05, 4.69) is 15.8 Å². The Morgan fingerprint density at radius 1 is 1.30 bits per heavy atom. The second kappa shape index (κ2) is 9.74. The van der Waals surface area contributed by atoms with Crippen LogP contribution in [0.4, 0.5) is 14.9 Å². The van der Waals surface area contributed by atoms with Gasteiger partial charge in [0.05, 0.1) is 24.5 Å². The number of hydrogen-bond donors (Lipinski definition) is 3. The van der Waals surface area contributed by atoms with Gasteiger partial charge in [-0.1, -0.05) is 23.9 Å². The van der Waals surface area contributed by atoms with Gasteiger partial charge in [-0.2, -0.15) is 5.10 Å². The van der Waals surface area contributed by atoms with E-state index in [0.29, 0.717) is 10.7 Å². The molecule has 0 saturated carbocycles. The van der Waals surface area contributed by atoms with Crippen molar-refractivity contribution in [2.24, 2.45) is 5.10 Å². The van der Waals surface area contributed by atoms with Crippen LogP contribution in [0, 0.1) is 5.82 Å². The number of nitrogens with one attached hydrogen (secondary N) is 2. The number of amides is 3. The Morgan fingerprint density at radius 2 is 2.09 bits per heavy atom. The number of carbonyl (C=O) groups is 3. The lowest BCUT2D eigenvalue weighted by molar-refractivity contribution is -0.118. The number of anilines is 1. The normalized spacial score (nSPS) is 18.2. The number of halogens is 1. The van der Waals surface area contributed by atoms with Gasteiger partial charge >= 0.3 is 6.09 Å². The summed E-state index contributed by atoms with van der Waals surface area (Å²) in [4.78, 5) is 36.8. The summed E-state index contributed by atoms with van der Waals surface area (Å²) in [6.45, 7) is 0.236. The van der Waals surface area contributed by atoms with Crippen LogP contribution in [0.1, 0.15) is 11.1 Å². The van der Waals surface area contributed by atoms with Gasteiger partial charge in [-0.15, -0.1) is 0 Å². The molecule has 0 unspecified atom stereocenters. The number of phenolic OH excluding ortho intramolecular Hbond substituents is 1. The van der Waals surface area contributed by atoms with E-state index in [9.17, 15) is 23.9 Å². The summed E-state index contributed by atoms with van der Waals surface area (Å²) < 4.78 is 19.9. The van der Waals surface area contributed by atoms with E-state index in [1.165, 1.54) is 35.2 Å². The molecule has 0 aromatic heterocycles. The molecule has 0 radical (unpaired) electrons.